The Kier molecular flexibility index (Phi) is 4.77. The number of hydrogen-bond acceptors (Lipinski definition) is 4. The molecule has 112 valence electrons. The number of aliphatic hydroxyl groups is 1. The molecule has 6 nitrogen and oxygen atoms in total. The summed E-state index contributed by atoms with van der Waals surface area (Å²) in [6.07, 6.45) is 2.81. The Morgan fingerprint density at radius 2 is 2.35 bits per heavy atom. The molecule has 0 saturated heterocycles. The molecule has 1 aliphatic rings. The summed E-state index contributed by atoms with van der Waals surface area (Å²) in [6, 6.07) is 1.85. The second kappa shape index (κ2) is 6.37. The van der Waals surface area contributed by atoms with Crippen molar-refractivity contribution in [1.29, 1.82) is 0 Å². The molecule has 2 N–H and O–H groups in total. The zero-order valence-corrected chi connectivity index (χ0v) is 12.5. The van der Waals surface area contributed by atoms with Gasteiger partial charge in [0.2, 0.25) is 5.91 Å². The third kappa shape index (κ3) is 3.80. The largest absolute Gasteiger partial charge is 0.393 e. The van der Waals surface area contributed by atoms with Crippen LogP contribution in [-0.2, 0) is 11.8 Å². The minimum atomic E-state index is -0.208. The first kappa shape index (κ1) is 15.0. The monoisotopic (exact) mass is 280 g/mol. The Balaban J connectivity index is 1.80. The number of aryl methyl sites for hydroxylation is 2. The maximum absolute atomic E-state index is 12.0. The average Bonchev–Trinajstić information content (AvgIpc) is 2.86. The summed E-state index contributed by atoms with van der Waals surface area (Å²) in [5.41, 5.74) is 0.880. The van der Waals surface area contributed by atoms with Gasteiger partial charge in [0.05, 0.1) is 18.3 Å². The number of amides is 1. The fourth-order valence-corrected chi connectivity index (χ4v) is 2.85. The van der Waals surface area contributed by atoms with E-state index in [1.165, 1.54) is 0 Å². The summed E-state index contributed by atoms with van der Waals surface area (Å²) in [5, 5.41) is 16.9. The molecule has 20 heavy (non-hydrogen) atoms. The highest BCUT2D eigenvalue weighted by molar-refractivity contribution is 5.91. The molecular formula is C14H24N4O2. The topological polar surface area (TPSA) is 70.4 Å². The van der Waals surface area contributed by atoms with Gasteiger partial charge in [-0.2, -0.15) is 5.10 Å². The molecule has 1 heterocycles. The predicted molar refractivity (Wildman–Crippen MR) is 77.4 cm³/mol. The van der Waals surface area contributed by atoms with Gasteiger partial charge in [0.1, 0.15) is 5.82 Å². The van der Waals surface area contributed by atoms with E-state index >= 15 is 0 Å². The third-order valence-electron chi connectivity index (χ3n) is 3.85. The van der Waals surface area contributed by atoms with Crippen LogP contribution in [0.25, 0.3) is 0 Å². The standard InChI is InChI=1S/C14H24N4O2/c1-10-7-13(18(3)16-10)15-14(20)9-17(2)8-11-5-4-6-12(11)19/h7,11-12,19H,4-6,8-9H2,1-3H3,(H,15,20). The first-order valence-electron chi connectivity index (χ1n) is 7.13. The van der Waals surface area contributed by atoms with Crippen LogP contribution in [-0.4, -0.2) is 51.9 Å². The fourth-order valence-electron chi connectivity index (χ4n) is 2.85. The van der Waals surface area contributed by atoms with Crippen molar-refractivity contribution in [2.45, 2.75) is 32.3 Å². The highest BCUT2D eigenvalue weighted by atomic mass is 16.3. The number of nitrogens with one attached hydrogen (secondary N) is 1. The van der Waals surface area contributed by atoms with Crippen molar-refractivity contribution in [2.75, 3.05) is 25.5 Å². The molecule has 0 bridgehead atoms. The minimum absolute atomic E-state index is 0.0528. The van der Waals surface area contributed by atoms with Crippen LogP contribution in [0.3, 0.4) is 0 Å². The van der Waals surface area contributed by atoms with E-state index in [1.54, 1.807) is 11.7 Å². The Morgan fingerprint density at radius 3 is 2.90 bits per heavy atom. The first-order chi connectivity index (χ1) is 9.45. The number of rotatable bonds is 5. The van der Waals surface area contributed by atoms with Crippen molar-refractivity contribution in [3.8, 4) is 0 Å². The lowest BCUT2D eigenvalue weighted by Gasteiger charge is -2.22. The van der Waals surface area contributed by atoms with Gasteiger partial charge in [-0.15, -0.1) is 0 Å². The summed E-state index contributed by atoms with van der Waals surface area (Å²) in [4.78, 5) is 14.0. The second-order valence-corrected chi connectivity index (χ2v) is 5.80. The minimum Gasteiger partial charge on any atom is -0.393 e. The first-order valence-corrected chi connectivity index (χ1v) is 7.13. The zero-order chi connectivity index (χ0) is 14.7. The van der Waals surface area contributed by atoms with Crippen molar-refractivity contribution < 1.29 is 9.90 Å². The van der Waals surface area contributed by atoms with Gasteiger partial charge in [0, 0.05) is 19.7 Å². The van der Waals surface area contributed by atoms with Crippen LogP contribution < -0.4 is 5.32 Å². The molecule has 2 unspecified atom stereocenters. The van der Waals surface area contributed by atoms with Crippen molar-refractivity contribution in [2.24, 2.45) is 13.0 Å². The summed E-state index contributed by atoms with van der Waals surface area (Å²) in [6.45, 7) is 2.98. The quantitative estimate of drug-likeness (QED) is 0.835. The van der Waals surface area contributed by atoms with Crippen molar-refractivity contribution in [3.05, 3.63) is 11.8 Å². The number of aliphatic hydroxyl groups excluding tert-OH is 1. The number of likely N-dealkylation sites (N-methyl/N-ethyl adjacent to an activating group) is 1. The molecule has 2 rings (SSSR count). The number of hydrogen-bond donors (Lipinski definition) is 2. The maximum atomic E-state index is 12.0. The summed E-state index contributed by atoms with van der Waals surface area (Å²) >= 11 is 0. The highest BCUT2D eigenvalue weighted by Gasteiger charge is 2.26. The fraction of sp³-hybridized carbons (Fsp3) is 0.714. The lowest BCUT2D eigenvalue weighted by molar-refractivity contribution is -0.117. The van der Waals surface area contributed by atoms with E-state index in [0.717, 1.165) is 31.5 Å². The zero-order valence-electron chi connectivity index (χ0n) is 12.5. The molecule has 1 amide bonds. The normalized spacial score (nSPS) is 22.4. The highest BCUT2D eigenvalue weighted by Crippen LogP contribution is 2.25. The van der Waals surface area contributed by atoms with Gasteiger partial charge in [-0.3, -0.25) is 14.4 Å². The molecule has 0 spiro atoms. The molecule has 1 aromatic rings. The average molecular weight is 280 g/mol. The molecule has 2 atom stereocenters. The lowest BCUT2D eigenvalue weighted by Crippen LogP contribution is -2.36. The maximum Gasteiger partial charge on any atom is 0.239 e. The van der Waals surface area contributed by atoms with E-state index in [1.807, 2.05) is 24.9 Å². The van der Waals surface area contributed by atoms with Crippen LogP contribution in [0, 0.1) is 12.8 Å². The van der Waals surface area contributed by atoms with E-state index in [0.29, 0.717) is 18.3 Å². The van der Waals surface area contributed by atoms with Gasteiger partial charge in [0.25, 0.3) is 0 Å². The molecule has 1 aromatic heterocycles. The van der Waals surface area contributed by atoms with Gasteiger partial charge < -0.3 is 10.4 Å². The van der Waals surface area contributed by atoms with Crippen LogP contribution in [0.4, 0.5) is 5.82 Å². The van der Waals surface area contributed by atoms with Gasteiger partial charge in [-0.25, -0.2) is 0 Å². The summed E-state index contributed by atoms with van der Waals surface area (Å²) in [7, 11) is 3.72. The van der Waals surface area contributed by atoms with Crippen LogP contribution in [0.5, 0.6) is 0 Å². The van der Waals surface area contributed by atoms with Crippen molar-refractivity contribution >= 4 is 11.7 Å². The van der Waals surface area contributed by atoms with Gasteiger partial charge in [0.15, 0.2) is 0 Å². The predicted octanol–water partition coefficient (Wildman–Crippen LogP) is 0.760. The summed E-state index contributed by atoms with van der Waals surface area (Å²) < 4.78 is 1.66. The third-order valence-corrected chi connectivity index (χ3v) is 3.85. The van der Waals surface area contributed by atoms with Gasteiger partial charge in [-0.05, 0) is 32.7 Å². The second-order valence-electron chi connectivity index (χ2n) is 5.80. The Bertz CT molecular complexity index is 472. The molecule has 1 fully saturated rings. The van der Waals surface area contributed by atoms with Gasteiger partial charge >= 0.3 is 0 Å². The number of nitrogens with zero attached hydrogens (tertiary/aromatic N) is 3. The van der Waals surface area contributed by atoms with Gasteiger partial charge in [-0.1, -0.05) is 6.42 Å². The number of carbonyl (C=O) groups excluding carboxylic acids is 1. The lowest BCUT2D eigenvalue weighted by atomic mass is 10.1. The van der Waals surface area contributed by atoms with E-state index in [4.69, 9.17) is 0 Å². The van der Waals surface area contributed by atoms with Crippen LogP contribution >= 0.6 is 0 Å². The molecule has 0 aliphatic heterocycles. The van der Waals surface area contributed by atoms with E-state index in [2.05, 4.69) is 10.4 Å². The number of aromatic nitrogens is 2. The molecule has 1 saturated carbocycles. The molecule has 0 aromatic carbocycles. The van der Waals surface area contributed by atoms with E-state index in [9.17, 15) is 9.90 Å². The Morgan fingerprint density at radius 1 is 1.60 bits per heavy atom. The Hall–Kier alpha value is -1.40. The molecular weight excluding hydrogens is 256 g/mol. The smallest absolute Gasteiger partial charge is 0.239 e. The molecule has 1 aliphatic carbocycles. The Labute approximate surface area is 119 Å². The van der Waals surface area contributed by atoms with Crippen LogP contribution in [0.1, 0.15) is 25.0 Å². The SMILES string of the molecule is Cc1cc(NC(=O)CN(C)CC2CCCC2O)n(C)n1. The summed E-state index contributed by atoms with van der Waals surface area (Å²) in [5.74, 6) is 0.955. The van der Waals surface area contributed by atoms with E-state index in [-0.39, 0.29) is 12.0 Å². The van der Waals surface area contributed by atoms with Crippen LogP contribution in [0.15, 0.2) is 6.07 Å². The van der Waals surface area contributed by atoms with E-state index < -0.39 is 0 Å². The molecule has 6 heteroatoms. The molecule has 0 radical (unpaired) electrons. The number of anilines is 1. The number of carbonyl (C=O) groups is 1. The van der Waals surface area contributed by atoms with Crippen molar-refractivity contribution in [3.63, 3.8) is 0 Å². The van der Waals surface area contributed by atoms with Crippen LogP contribution in [0.2, 0.25) is 0 Å². The van der Waals surface area contributed by atoms with Crippen molar-refractivity contribution in [1.82, 2.24) is 14.7 Å².